The fourth-order valence-corrected chi connectivity index (χ4v) is 2.30. The van der Waals surface area contributed by atoms with Crippen molar-refractivity contribution in [3.05, 3.63) is 42.3 Å². The first kappa shape index (κ1) is 13.5. The minimum atomic E-state index is -0.409. The highest BCUT2D eigenvalue weighted by Crippen LogP contribution is 2.23. The molecule has 0 bridgehead atoms. The van der Waals surface area contributed by atoms with Crippen molar-refractivity contribution in [1.82, 2.24) is 14.5 Å². The number of nitrogens with one attached hydrogen (secondary N) is 1. The monoisotopic (exact) mass is 287 g/mol. The van der Waals surface area contributed by atoms with Gasteiger partial charge >= 0.3 is 5.97 Å². The lowest BCUT2D eigenvalue weighted by Gasteiger charge is -2.23. The number of imidazole rings is 1. The van der Waals surface area contributed by atoms with Crippen molar-refractivity contribution < 1.29 is 13.9 Å². The molecular formula is C15H17N3O3. The van der Waals surface area contributed by atoms with Gasteiger partial charge in [0, 0.05) is 30.4 Å². The quantitative estimate of drug-likeness (QED) is 0.747. The summed E-state index contributed by atoms with van der Waals surface area (Å²) in [5.74, 6) is 0.523. The molecule has 0 aromatic carbocycles. The Morgan fingerprint density at radius 3 is 2.90 bits per heavy atom. The molecule has 0 radical (unpaired) electrons. The van der Waals surface area contributed by atoms with E-state index >= 15 is 0 Å². The molecule has 0 aliphatic rings. The number of rotatable bonds is 4. The summed E-state index contributed by atoms with van der Waals surface area (Å²) in [6.07, 6.45) is 4.69. The molecule has 21 heavy (non-hydrogen) atoms. The highest BCUT2D eigenvalue weighted by Gasteiger charge is 2.23. The maximum Gasteiger partial charge on any atom is 0.356 e. The van der Waals surface area contributed by atoms with Gasteiger partial charge in [-0.25, -0.2) is 9.78 Å². The van der Waals surface area contributed by atoms with Crippen molar-refractivity contribution in [3.63, 3.8) is 0 Å². The van der Waals surface area contributed by atoms with Crippen LogP contribution in [-0.4, -0.2) is 20.5 Å². The molecule has 3 aromatic rings. The Kier molecular flexibility index (Phi) is 3.29. The zero-order valence-corrected chi connectivity index (χ0v) is 12.2. The predicted molar refractivity (Wildman–Crippen MR) is 76.8 cm³/mol. The van der Waals surface area contributed by atoms with E-state index < -0.39 is 12.2 Å². The molecule has 0 fully saturated rings. The van der Waals surface area contributed by atoms with Gasteiger partial charge in [-0.1, -0.05) is 13.8 Å². The summed E-state index contributed by atoms with van der Waals surface area (Å²) in [6, 6.07) is 3.42. The van der Waals surface area contributed by atoms with Gasteiger partial charge in [-0.15, -0.1) is 0 Å². The molecule has 1 N–H and O–H groups in total. The molecule has 0 amide bonds. The summed E-state index contributed by atoms with van der Waals surface area (Å²) in [4.78, 5) is 19.5. The number of ether oxygens (including phenoxy) is 1. The summed E-state index contributed by atoms with van der Waals surface area (Å²) in [6.45, 7) is 5.88. The van der Waals surface area contributed by atoms with E-state index in [1.165, 1.54) is 0 Å². The van der Waals surface area contributed by atoms with Gasteiger partial charge in [-0.3, -0.25) is 4.57 Å². The normalized spacial score (nSPS) is 13.0. The first-order valence-electron chi connectivity index (χ1n) is 6.83. The fourth-order valence-electron chi connectivity index (χ4n) is 2.30. The van der Waals surface area contributed by atoms with Crippen molar-refractivity contribution in [3.8, 4) is 0 Å². The molecule has 1 atom stereocenters. The molecule has 110 valence electrons. The lowest BCUT2D eigenvalue weighted by molar-refractivity contribution is -0.0105. The van der Waals surface area contributed by atoms with Crippen LogP contribution < -0.4 is 0 Å². The Hall–Kier alpha value is -2.50. The Labute approximate surface area is 121 Å². The van der Waals surface area contributed by atoms with Crippen LogP contribution in [0, 0.1) is 12.8 Å². The number of aromatic amines is 1. The van der Waals surface area contributed by atoms with Crippen LogP contribution in [0.2, 0.25) is 0 Å². The van der Waals surface area contributed by atoms with Crippen molar-refractivity contribution in [2.75, 3.05) is 0 Å². The first-order chi connectivity index (χ1) is 10.1. The first-order valence-corrected chi connectivity index (χ1v) is 6.83. The SMILES string of the molecule is Cc1nccn1C(OC(=O)c1cc2occc2[nH]1)C(C)C. The number of fused-ring (bicyclic) bond motifs is 1. The molecule has 3 rings (SSSR count). The number of carbonyl (C=O) groups excluding carboxylic acids is 1. The van der Waals surface area contributed by atoms with Crippen LogP contribution in [0.25, 0.3) is 11.1 Å². The summed E-state index contributed by atoms with van der Waals surface area (Å²) < 4.78 is 12.7. The second kappa shape index (κ2) is 5.12. The Bertz CT molecular complexity index is 737. The van der Waals surface area contributed by atoms with E-state index in [-0.39, 0.29) is 5.92 Å². The van der Waals surface area contributed by atoms with Crippen molar-refractivity contribution >= 4 is 17.1 Å². The third kappa shape index (κ3) is 2.44. The van der Waals surface area contributed by atoms with E-state index in [0.29, 0.717) is 11.3 Å². The second-order valence-corrected chi connectivity index (χ2v) is 5.30. The number of aromatic nitrogens is 3. The third-order valence-corrected chi connectivity index (χ3v) is 3.39. The number of esters is 1. The van der Waals surface area contributed by atoms with Crippen LogP contribution in [0.1, 0.15) is 36.4 Å². The van der Waals surface area contributed by atoms with Gasteiger partial charge in [-0.2, -0.15) is 0 Å². The van der Waals surface area contributed by atoms with Gasteiger partial charge in [0.1, 0.15) is 11.5 Å². The van der Waals surface area contributed by atoms with Crippen LogP contribution in [0.3, 0.4) is 0 Å². The molecule has 0 spiro atoms. The molecule has 0 saturated carbocycles. The van der Waals surface area contributed by atoms with Crippen molar-refractivity contribution in [2.45, 2.75) is 27.0 Å². The summed E-state index contributed by atoms with van der Waals surface area (Å²) in [7, 11) is 0. The third-order valence-electron chi connectivity index (χ3n) is 3.39. The molecule has 0 saturated heterocycles. The summed E-state index contributed by atoms with van der Waals surface area (Å²) in [5.41, 5.74) is 1.80. The van der Waals surface area contributed by atoms with Crippen LogP contribution in [0.4, 0.5) is 0 Å². The predicted octanol–water partition coefficient (Wildman–Crippen LogP) is 3.28. The van der Waals surface area contributed by atoms with E-state index in [1.807, 2.05) is 31.5 Å². The lowest BCUT2D eigenvalue weighted by Crippen LogP contribution is -2.23. The molecule has 6 heteroatoms. The number of hydrogen-bond acceptors (Lipinski definition) is 4. The maximum atomic E-state index is 12.3. The molecular weight excluding hydrogens is 270 g/mol. The van der Waals surface area contributed by atoms with Crippen molar-refractivity contribution in [2.24, 2.45) is 5.92 Å². The standard InChI is InChI=1S/C15H17N3O3/c1-9(2)14(18-6-5-16-10(18)3)21-15(19)12-8-13-11(17-12)4-7-20-13/h4-9,14,17H,1-3H3. The van der Waals surface area contributed by atoms with E-state index in [9.17, 15) is 4.79 Å². The molecule has 0 aliphatic heterocycles. The minimum absolute atomic E-state index is 0.125. The topological polar surface area (TPSA) is 73.1 Å². The molecule has 1 unspecified atom stereocenters. The lowest BCUT2D eigenvalue weighted by atomic mass is 10.2. The largest absolute Gasteiger partial charge is 0.463 e. The van der Waals surface area contributed by atoms with Gasteiger partial charge in [0.05, 0.1) is 11.8 Å². The van der Waals surface area contributed by atoms with Gasteiger partial charge < -0.3 is 14.1 Å². The van der Waals surface area contributed by atoms with E-state index in [0.717, 1.165) is 11.3 Å². The number of nitrogens with zero attached hydrogens (tertiary/aromatic N) is 2. The smallest absolute Gasteiger partial charge is 0.356 e. The van der Waals surface area contributed by atoms with Gasteiger partial charge in [0.25, 0.3) is 0 Å². The zero-order chi connectivity index (χ0) is 15.0. The van der Waals surface area contributed by atoms with E-state index in [2.05, 4.69) is 9.97 Å². The number of carbonyl (C=O) groups is 1. The zero-order valence-electron chi connectivity index (χ0n) is 12.2. The van der Waals surface area contributed by atoms with Crippen LogP contribution in [0.5, 0.6) is 0 Å². The summed E-state index contributed by atoms with van der Waals surface area (Å²) >= 11 is 0. The second-order valence-electron chi connectivity index (χ2n) is 5.30. The van der Waals surface area contributed by atoms with E-state index in [4.69, 9.17) is 9.15 Å². The highest BCUT2D eigenvalue weighted by molar-refractivity contribution is 5.93. The number of furan rings is 1. The Balaban J connectivity index is 1.84. The maximum absolute atomic E-state index is 12.3. The minimum Gasteiger partial charge on any atom is -0.463 e. The van der Waals surface area contributed by atoms with Gasteiger partial charge in [-0.05, 0) is 6.92 Å². The van der Waals surface area contributed by atoms with Gasteiger partial charge in [0.2, 0.25) is 0 Å². The van der Waals surface area contributed by atoms with Crippen molar-refractivity contribution in [1.29, 1.82) is 0 Å². The molecule has 0 aliphatic carbocycles. The summed E-state index contributed by atoms with van der Waals surface area (Å²) in [5, 5.41) is 0. The van der Waals surface area contributed by atoms with Crippen LogP contribution >= 0.6 is 0 Å². The number of H-pyrrole nitrogens is 1. The molecule has 6 nitrogen and oxygen atoms in total. The molecule has 3 aromatic heterocycles. The van der Waals surface area contributed by atoms with Crippen LogP contribution in [0.15, 0.2) is 35.2 Å². The average molecular weight is 287 g/mol. The Morgan fingerprint density at radius 1 is 1.48 bits per heavy atom. The highest BCUT2D eigenvalue weighted by atomic mass is 16.6. The molecule has 3 heterocycles. The number of hydrogen-bond donors (Lipinski definition) is 1. The van der Waals surface area contributed by atoms with Crippen LogP contribution in [-0.2, 0) is 4.74 Å². The van der Waals surface area contributed by atoms with E-state index in [1.54, 1.807) is 24.6 Å². The fraction of sp³-hybridized carbons (Fsp3) is 0.333. The Morgan fingerprint density at radius 2 is 2.29 bits per heavy atom. The average Bonchev–Trinajstić information content (AvgIpc) is 3.10. The van der Waals surface area contributed by atoms with Gasteiger partial charge in [0.15, 0.2) is 11.8 Å². The number of aryl methyl sites for hydroxylation is 1.